The summed E-state index contributed by atoms with van der Waals surface area (Å²) in [5.41, 5.74) is 12.6. The van der Waals surface area contributed by atoms with E-state index in [2.05, 4.69) is 21.8 Å². The SMILES string of the molecule is NCC#Cc1cn(C2C[C@H](O)C(CO)O2)c2ncnc(N)c12. The van der Waals surface area contributed by atoms with Gasteiger partial charge in [-0.3, -0.25) is 0 Å². The third-order valence-corrected chi connectivity index (χ3v) is 3.66. The van der Waals surface area contributed by atoms with Gasteiger partial charge in [0.1, 0.15) is 30.1 Å². The van der Waals surface area contributed by atoms with Crippen molar-refractivity contribution >= 4 is 16.9 Å². The maximum absolute atomic E-state index is 9.90. The molecule has 2 aromatic heterocycles. The molecule has 1 saturated heterocycles. The second kappa shape index (κ2) is 5.90. The van der Waals surface area contributed by atoms with Gasteiger partial charge in [0.15, 0.2) is 0 Å². The normalized spacial score (nSPS) is 24.4. The van der Waals surface area contributed by atoms with Gasteiger partial charge in [0.25, 0.3) is 0 Å². The van der Waals surface area contributed by atoms with E-state index in [9.17, 15) is 10.2 Å². The molecule has 3 heterocycles. The van der Waals surface area contributed by atoms with E-state index in [0.717, 1.165) is 0 Å². The average molecular weight is 303 g/mol. The van der Waals surface area contributed by atoms with Crippen LogP contribution < -0.4 is 11.5 Å². The fraction of sp³-hybridized carbons (Fsp3) is 0.429. The molecule has 1 aliphatic heterocycles. The second-order valence-corrected chi connectivity index (χ2v) is 5.03. The van der Waals surface area contributed by atoms with Gasteiger partial charge in [0.05, 0.1) is 30.2 Å². The zero-order valence-corrected chi connectivity index (χ0v) is 11.8. The first-order valence-corrected chi connectivity index (χ1v) is 6.90. The predicted octanol–water partition coefficient (Wildman–Crippen LogP) is -1.04. The number of anilines is 1. The molecule has 0 bridgehead atoms. The molecule has 22 heavy (non-hydrogen) atoms. The first-order chi connectivity index (χ1) is 10.7. The highest BCUT2D eigenvalue weighted by Crippen LogP contribution is 2.33. The quantitative estimate of drug-likeness (QED) is 0.521. The summed E-state index contributed by atoms with van der Waals surface area (Å²) in [5, 5.41) is 19.7. The molecule has 2 aromatic rings. The number of nitrogens with two attached hydrogens (primary N) is 2. The number of nitrogens with zero attached hydrogens (tertiary/aromatic N) is 3. The molecular formula is C14H17N5O3. The van der Waals surface area contributed by atoms with E-state index in [1.807, 2.05) is 0 Å². The number of aliphatic hydroxyl groups excluding tert-OH is 2. The Balaban J connectivity index is 2.09. The minimum Gasteiger partial charge on any atom is -0.394 e. The number of nitrogen functional groups attached to an aromatic ring is 1. The monoisotopic (exact) mass is 303 g/mol. The fourth-order valence-corrected chi connectivity index (χ4v) is 2.62. The fourth-order valence-electron chi connectivity index (χ4n) is 2.62. The Labute approximate surface area is 126 Å². The molecule has 0 saturated carbocycles. The highest BCUT2D eigenvalue weighted by Gasteiger charge is 2.35. The Hall–Kier alpha value is -2.18. The van der Waals surface area contributed by atoms with Crippen molar-refractivity contribution < 1.29 is 14.9 Å². The van der Waals surface area contributed by atoms with Crippen LogP contribution in [0.2, 0.25) is 0 Å². The number of rotatable bonds is 2. The first-order valence-electron chi connectivity index (χ1n) is 6.90. The summed E-state index contributed by atoms with van der Waals surface area (Å²) in [7, 11) is 0. The maximum Gasteiger partial charge on any atom is 0.148 e. The summed E-state index contributed by atoms with van der Waals surface area (Å²) >= 11 is 0. The molecule has 8 nitrogen and oxygen atoms in total. The van der Waals surface area contributed by atoms with E-state index in [4.69, 9.17) is 16.2 Å². The van der Waals surface area contributed by atoms with Crippen LogP contribution in [0.1, 0.15) is 18.2 Å². The van der Waals surface area contributed by atoms with Gasteiger partial charge in [0, 0.05) is 12.6 Å². The van der Waals surface area contributed by atoms with Crippen molar-refractivity contribution in [1.29, 1.82) is 0 Å². The van der Waals surface area contributed by atoms with E-state index in [1.165, 1.54) is 6.33 Å². The molecule has 6 N–H and O–H groups in total. The lowest BCUT2D eigenvalue weighted by atomic mass is 10.2. The summed E-state index contributed by atoms with van der Waals surface area (Å²) in [4.78, 5) is 8.23. The smallest absolute Gasteiger partial charge is 0.148 e. The number of fused-ring (bicyclic) bond motifs is 1. The molecule has 0 spiro atoms. The Morgan fingerprint density at radius 3 is 2.95 bits per heavy atom. The third-order valence-electron chi connectivity index (χ3n) is 3.66. The molecule has 2 unspecified atom stereocenters. The molecule has 3 atom stereocenters. The van der Waals surface area contributed by atoms with Crippen LogP contribution in [0.15, 0.2) is 12.5 Å². The van der Waals surface area contributed by atoms with Crippen molar-refractivity contribution in [2.75, 3.05) is 18.9 Å². The van der Waals surface area contributed by atoms with E-state index in [1.54, 1.807) is 10.8 Å². The number of hydrogen-bond acceptors (Lipinski definition) is 7. The Kier molecular flexibility index (Phi) is 3.96. The number of aromatic nitrogens is 3. The van der Waals surface area contributed by atoms with Gasteiger partial charge >= 0.3 is 0 Å². The van der Waals surface area contributed by atoms with Crippen LogP contribution in [-0.2, 0) is 4.74 Å². The largest absolute Gasteiger partial charge is 0.394 e. The van der Waals surface area contributed by atoms with E-state index >= 15 is 0 Å². The van der Waals surface area contributed by atoms with Crippen LogP contribution in [0.3, 0.4) is 0 Å². The van der Waals surface area contributed by atoms with E-state index in [-0.39, 0.29) is 13.2 Å². The van der Waals surface area contributed by atoms with Crippen molar-refractivity contribution in [3.63, 3.8) is 0 Å². The first kappa shape index (κ1) is 14.7. The van der Waals surface area contributed by atoms with Crippen molar-refractivity contribution in [2.45, 2.75) is 24.9 Å². The summed E-state index contributed by atoms with van der Waals surface area (Å²) in [6.45, 7) is -0.0146. The van der Waals surface area contributed by atoms with Crippen LogP contribution in [0.4, 0.5) is 5.82 Å². The molecule has 0 aliphatic carbocycles. The molecule has 0 amide bonds. The van der Waals surface area contributed by atoms with Gasteiger partial charge in [-0.25, -0.2) is 9.97 Å². The molecule has 116 valence electrons. The molecule has 8 heteroatoms. The Morgan fingerprint density at radius 2 is 2.27 bits per heavy atom. The van der Waals surface area contributed by atoms with E-state index in [0.29, 0.717) is 28.8 Å². The van der Waals surface area contributed by atoms with Crippen LogP contribution >= 0.6 is 0 Å². The van der Waals surface area contributed by atoms with Crippen molar-refractivity contribution in [2.24, 2.45) is 5.73 Å². The van der Waals surface area contributed by atoms with Gasteiger partial charge in [-0.15, -0.1) is 0 Å². The Morgan fingerprint density at radius 1 is 1.45 bits per heavy atom. The highest BCUT2D eigenvalue weighted by molar-refractivity contribution is 5.92. The zero-order chi connectivity index (χ0) is 15.7. The van der Waals surface area contributed by atoms with Gasteiger partial charge < -0.3 is 31.0 Å². The summed E-state index contributed by atoms with van der Waals surface area (Å²) in [5.74, 6) is 6.05. The average Bonchev–Trinajstić information content (AvgIpc) is 3.06. The summed E-state index contributed by atoms with van der Waals surface area (Å²) in [6.07, 6.45) is 1.68. The van der Waals surface area contributed by atoms with Gasteiger partial charge in [-0.2, -0.15) is 0 Å². The van der Waals surface area contributed by atoms with Crippen molar-refractivity contribution in [1.82, 2.24) is 14.5 Å². The summed E-state index contributed by atoms with van der Waals surface area (Å²) in [6, 6.07) is 0. The van der Waals surface area contributed by atoms with Crippen LogP contribution in [-0.4, -0.2) is 50.1 Å². The second-order valence-electron chi connectivity index (χ2n) is 5.03. The highest BCUT2D eigenvalue weighted by atomic mass is 16.5. The van der Waals surface area contributed by atoms with Crippen LogP contribution in [0, 0.1) is 11.8 Å². The molecule has 0 radical (unpaired) electrons. The lowest BCUT2D eigenvalue weighted by Crippen LogP contribution is -2.24. The molecule has 1 aliphatic rings. The van der Waals surface area contributed by atoms with Crippen LogP contribution in [0.25, 0.3) is 11.0 Å². The van der Waals surface area contributed by atoms with Crippen molar-refractivity contribution in [3.05, 3.63) is 18.1 Å². The van der Waals surface area contributed by atoms with E-state index < -0.39 is 18.4 Å². The van der Waals surface area contributed by atoms with Crippen LogP contribution in [0.5, 0.6) is 0 Å². The van der Waals surface area contributed by atoms with Gasteiger partial charge in [-0.05, 0) is 0 Å². The molecular weight excluding hydrogens is 286 g/mol. The van der Waals surface area contributed by atoms with Crippen molar-refractivity contribution in [3.8, 4) is 11.8 Å². The topological polar surface area (TPSA) is 132 Å². The minimum absolute atomic E-state index is 0.228. The minimum atomic E-state index is -0.731. The summed E-state index contributed by atoms with van der Waals surface area (Å²) < 4.78 is 7.42. The standard InChI is InChI=1S/C14H17N5O3/c15-3-1-2-8-5-19(11-4-9(21)10(6-20)22-11)14-12(8)13(16)17-7-18-14/h5,7,9-11,20-21H,3-4,6,15H2,(H2,16,17,18)/t9-,10?,11?/m0/s1. The molecule has 3 rings (SSSR count). The maximum atomic E-state index is 9.90. The number of aliphatic hydroxyl groups is 2. The molecule has 0 aromatic carbocycles. The zero-order valence-electron chi connectivity index (χ0n) is 11.8. The van der Waals surface area contributed by atoms with Gasteiger partial charge in [0.2, 0.25) is 0 Å². The molecule has 1 fully saturated rings. The number of ether oxygens (including phenoxy) is 1. The van der Waals surface area contributed by atoms with Gasteiger partial charge in [-0.1, -0.05) is 11.8 Å². The third kappa shape index (κ3) is 2.40. The lowest BCUT2D eigenvalue weighted by Gasteiger charge is -2.14. The Bertz CT molecular complexity index is 748. The number of hydrogen-bond donors (Lipinski definition) is 4. The lowest BCUT2D eigenvalue weighted by molar-refractivity contribution is -0.0430. The predicted molar refractivity (Wildman–Crippen MR) is 79.5 cm³/mol.